The summed E-state index contributed by atoms with van der Waals surface area (Å²) in [7, 11) is 0. The van der Waals surface area contributed by atoms with Crippen molar-refractivity contribution in [3.63, 3.8) is 0 Å². The number of thiophene rings is 1. The molecule has 0 amide bonds. The lowest BCUT2D eigenvalue weighted by Gasteiger charge is -2.23. The van der Waals surface area contributed by atoms with Crippen LogP contribution in [0.5, 0.6) is 0 Å². The molecule has 1 saturated carbocycles. The second-order valence-electron chi connectivity index (χ2n) is 4.56. The fourth-order valence-electron chi connectivity index (χ4n) is 2.36. The Balaban J connectivity index is 0.00000120. The zero-order chi connectivity index (χ0) is 11.7. The van der Waals surface area contributed by atoms with Gasteiger partial charge in [-0.3, -0.25) is 0 Å². The van der Waals surface area contributed by atoms with Gasteiger partial charge in [0.1, 0.15) is 0 Å². The van der Waals surface area contributed by atoms with Crippen molar-refractivity contribution in [3.8, 4) is 10.7 Å². The van der Waals surface area contributed by atoms with Gasteiger partial charge in [0, 0.05) is 12.0 Å². The minimum Gasteiger partial charge on any atom is -0.339 e. The quantitative estimate of drug-likeness (QED) is 0.920. The summed E-state index contributed by atoms with van der Waals surface area (Å²) >= 11 is 1.63. The summed E-state index contributed by atoms with van der Waals surface area (Å²) in [6.07, 6.45) is 4.34. The van der Waals surface area contributed by atoms with E-state index in [1.807, 2.05) is 17.5 Å². The molecule has 2 atom stereocenters. The Kier molecular flexibility index (Phi) is 4.37. The molecule has 6 heteroatoms. The smallest absolute Gasteiger partial charge is 0.230 e. The van der Waals surface area contributed by atoms with E-state index in [1.165, 1.54) is 0 Å². The van der Waals surface area contributed by atoms with Gasteiger partial charge in [-0.15, -0.1) is 23.7 Å². The van der Waals surface area contributed by atoms with Crippen LogP contribution in [-0.2, 0) is 0 Å². The van der Waals surface area contributed by atoms with Gasteiger partial charge in [0.25, 0.3) is 0 Å². The highest BCUT2D eigenvalue weighted by Gasteiger charge is 2.25. The SMILES string of the molecule is Cl.NC1CCCC(c2nc(-c3cccs3)no2)C1. The van der Waals surface area contributed by atoms with Crippen LogP contribution in [0.25, 0.3) is 10.7 Å². The molecule has 4 nitrogen and oxygen atoms in total. The summed E-state index contributed by atoms with van der Waals surface area (Å²) in [5.74, 6) is 1.80. The van der Waals surface area contributed by atoms with E-state index in [0.717, 1.165) is 36.5 Å². The van der Waals surface area contributed by atoms with Gasteiger partial charge in [0.05, 0.1) is 4.88 Å². The third-order valence-electron chi connectivity index (χ3n) is 3.25. The van der Waals surface area contributed by atoms with Crippen molar-refractivity contribution in [2.45, 2.75) is 37.6 Å². The van der Waals surface area contributed by atoms with Crippen molar-refractivity contribution in [1.29, 1.82) is 0 Å². The molecule has 0 radical (unpaired) electrons. The largest absolute Gasteiger partial charge is 0.339 e. The number of halogens is 1. The summed E-state index contributed by atoms with van der Waals surface area (Å²) in [6, 6.07) is 4.28. The van der Waals surface area contributed by atoms with E-state index in [4.69, 9.17) is 10.3 Å². The van der Waals surface area contributed by atoms with Crippen LogP contribution in [0.1, 0.15) is 37.5 Å². The first-order valence-electron chi connectivity index (χ1n) is 5.96. The van der Waals surface area contributed by atoms with Crippen LogP contribution in [0.3, 0.4) is 0 Å². The number of hydrogen-bond donors (Lipinski definition) is 1. The lowest BCUT2D eigenvalue weighted by molar-refractivity contribution is 0.299. The Bertz CT molecular complexity index is 485. The van der Waals surface area contributed by atoms with E-state index in [-0.39, 0.29) is 18.4 Å². The van der Waals surface area contributed by atoms with E-state index < -0.39 is 0 Å². The van der Waals surface area contributed by atoms with Gasteiger partial charge >= 0.3 is 0 Å². The molecule has 0 aromatic carbocycles. The van der Waals surface area contributed by atoms with Crippen molar-refractivity contribution in [2.24, 2.45) is 5.73 Å². The highest BCUT2D eigenvalue weighted by atomic mass is 35.5. The minimum atomic E-state index is 0. The molecule has 1 fully saturated rings. The lowest BCUT2D eigenvalue weighted by Crippen LogP contribution is -2.26. The molecule has 2 aromatic heterocycles. The molecular formula is C12H16ClN3OS. The third-order valence-corrected chi connectivity index (χ3v) is 4.11. The molecule has 2 aromatic rings. The maximum atomic E-state index is 5.98. The molecule has 2 heterocycles. The minimum absolute atomic E-state index is 0. The Morgan fingerprint density at radius 2 is 2.28 bits per heavy atom. The van der Waals surface area contributed by atoms with Gasteiger partial charge in [-0.1, -0.05) is 17.6 Å². The number of hydrogen-bond acceptors (Lipinski definition) is 5. The Hall–Kier alpha value is -0.910. The van der Waals surface area contributed by atoms with Crippen molar-refractivity contribution in [3.05, 3.63) is 23.4 Å². The topological polar surface area (TPSA) is 64.9 Å². The predicted octanol–water partition coefficient (Wildman–Crippen LogP) is 3.20. The molecule has 18 heavy (non-hydrogen) atoms. The second kappa shape index (κ2) is 5.82. The van der Waals surface area contributed by atoms with Gasteiger partial charge in [0.2, 0.25) is 11.7 Å². The fourth-order valence-corrected chi connectivity index (χ4v) is 3.01. The molecule has 98 valence electrons. The monoisotopic (exact) mass is 285 g/mol. The first kappa shape index (κ1) is 13.5. The molecule has 0 aliphatic heterocycles. The van der Waals surface area contributed by atoms with Crippen molar-refractivity contribution in [2.75, 3.05) is 0 Å². The number of nitrogens with zero attached hydrogens (tertiary/aromatic N) is 2. The van der Waals surface area contributed by atoms with E-state index in [9.17, 15) is 0 Å². The zero-order valence-corrected chi connectivity index (χ0v) is 11.5. The zero-order valence-electron chi connectivity index (χ0n) is 9.91. The van der Waals surface area contributed by atoms with Gasteiger partial charge in [-0.2, -0.15) is 4.98 Å². The van der Waals surface area contributed by atoms with Crippen LogP contribution in [0.15, 0.2) is 22.0 Å². The highest BCUT2D eigenvalue weighted by Crippen LogP contribution is 2.32. The first-order valence-corrected chi connectivity index (χ1v) is 6.84. The number of rotatable bonds is 2. The van der Waals surface area contributed by atoms with Crippen molar-refractivity contribution < 1.29 is 4.52 Å². The van der Waals surface area contributed by atoms with Crippen LogP contribution in [0.2, 0.25) is 0 Å². The summed E-state index contributed by atoms with van der Waals surface area (Å²) in [5.41, 5.74) is 5.98. The van der Waals surface area contributed by atoms with E-state index in [1.54, 1.807) is 11.3 Å². The summed E-state index contributed by atoms with van der Waals surface area (Å²) in [5, 5.41) is 6.06. The molecule has 1 aliphatic carbocycles. The van der Waals surface area contributed by atoms with E-state index in [0.29, 0.717) is 11.7 Å². The summed E-state index contributed by atoms with van der Waals surface area (Å²) in [4.78, 5) is 5.54. The summed E-state index contributed by atoms with van der Waals surface area (Å²) in [6.45, 7) is 0. The molecule has 3 rings (SSSR count). The maximum Gasteiger partial charge on any atom is 0.230 e. The molecule has 2 N–H and O–H groups in total. The summed E-state index contributed by atoms with van der Waals surface area (Å²) < 4.78 is 5.37. The predicted molar refractivity (Wildman–Crippen MR) is 74.0 cm³/mol. The number of nitrogens with two attached hydrogens (primary N) is 1. The van der Waals surface area contributed by atoms with Gasteiger partial charge in [-0.05, 0) is 30.7 Å². The molecule has 2 unspecified atom stereocenters. The van der Waals surface area contributed by atoms with Crippen LogP contribution < -0.4 is 5.73 Å². The number of aromatic nitrogens is 2. The average molecular weight is 286 g/mol. The van der Waals surface area contributed by atoms with Gasteiger partial charge < -0.3 is 10.3 Å². The Morgan fingerprint density at radius 3 is 3.00 bits per heavy atom. The van der Waals surface area contributed by atoms with Crippen LogP contribution in [0, 0.1) is 0 Å². The fraction of sp³-hybridized carbons (Fsp3) is 0.500. The van der Waals surface area contributed by atoms with E-state index >= 15 is 0 Å². The van der Waals surface area contributed by atoms with Crippen molar-refractivity contribution in [1.82, 2.24) is 10.1 Å². The van der Waals surface area contributed by atoms with E-state index in [2.05, 4.69) is 10.1 Å². The van der Waals surface area contributed by atoms with Crippen LogP contribution in [-0.4, -0.2) is 16.2 Å². The van der Waals surface area contributed by atoms with Crippen LogP contribution >= 0.6 is 23.7 Å². The van der Waals surface area contributed by atoms with Crippen molar-refractivity contribution >= 4 is 23.7 Å². The molecule has 0 bridgehead atoms. The molecule has 1 aliphatic rings. The molecular weight excluding hydrogens is 270 g/mol. The lowest BCUT2D eigenvalue weighted by atomic mass is 9.86. The first-order chi connectivity index (χ1) is 8.33. The maximum absolute atomic E-state index is 5.98. The Morgan fingerprint density at radius 1 is 1.39 bits per heavy atom. The normalized spacial score (nSPS) is 23.6. The average Bonchev–Trinajstić information content (AvgIpc) is 3.00. The Labute approximate surface area is 116 Å². The third kappa shape index (κ3) is 2.74. The molecule has 0 spiro atoms. The standard InChI is InChI=1S/C12H15N3OS.ClH/c13-9-4-1-3-8(7-9)12-14-11(15-16-12)10-5-2-6-17-10;/h2,5-6,8-9H,1,3-4,7,13H2;1H. The molecule has 0 saturated heterocycles. The van der Waals surface area contributed by atoms with Gasteiger partial charge in [-0.25, -0.2) is 0 Å². The van der Waals surface area contributed by atoms with Gasteiger partial charge in [0.15, 0.2) is 0 Å². The second-order valence-corrected chi connectivity index (χ2v) is 5.50. The van der Waals surface area contributed by atoms with Crippen LogP contribution in [0.4, 0.5) is 0 Å². The highest BCUT2D eigenvalue weighted by molar-refractivity contribution is 7.13.